The van der Waals surface area contributed by atoms with Crippen LogP contribution in [0.25, 0.3) is 10.4 Å². The van der Waals surface area contributed by atoms with Crippen LogP contribution in [0.5, 0.6) is 0 Å². The number of aromatic carboxylic acids is 1. The van der Waals surface area contributed by atoms with E-state index in [2.05, 4.69) is 36.9 Å². The summed E-state index contributed by atoms with van der Waals surface area (Å²) in [7, 11) is 0. The van der Waals surface area contributed by atoms with Gasteiger partial charge >= 0.3 is 5.97 Å². The van der Waals surface area contributed by atoms with Crippen LogP contribution in [0.2, 0.25) is 0 Å². The Morgan fingerprint density at radius 3 is 2.36 bits per heavy atom. The lowest BCUT2D eigenvalue weighted by molar-refractivity contribution is -0.123. The van der Waals surface area contributed by atoms with Gasteiger partial charge in [-0.1, -0.05) is 67.8 Å². The topological polar surface area (TPSA) is 60.9 Å². The van der Waals surface area contributed by atoms with E-state index >= 15 is 0 Å². The molecule has 1 aliphatic carbocycles. The zero-order valence-corrected chi connectivity index (χ0v) is 21.9. The summed E-state index contributed by atoms with van der Waals surface area (Å²) < 4.78 is 0. The van der Waals surface area contributed by atoms with Crippen molar-refractivity contribution in [3.05, 3.63) is 76.2 Å². The molecule has 2 aliphatic rings. The van der Waals surface area contributed by atoms with E-state index in [0.29, 0.717) is 18.2 Å². The van der Waals surface area contributed by atoms with E-state index in [-0.39, 0.29) is 16.8 Å². The largest absolute Gasteiger partial charge is 0.477 e. The number of anilines is 1. The summed E-state index contributed by atoms with van der Waals surface area (Å²) in [6.07, 6.45) is 5.75. The van der Waals surface area contributed by atoms with Gasteiger partial charge in [0.15, 0.2) is 0 Å². The molecule has 5 rings (SSSR count). The molecule has 36 heavy (non-hydrogen) atoms. The van der Waals surface area contributed by atoms with Crippen LogP contribution in [0.4, 0.5) is 5.69 Å². The predicted octanol–water partition coefficient (Wildman–Crippen LogP) is 6.53. The monoisotopic (exact) mass is 502 g/mol. The van der Waals surface area contributed by atoms with Crippen molar-refractivity contribution in [2.45, 2.75) is 58.5 Å². The fraction of sp³-hybridized carbons (Fsp3) is 0.400. The number of nitrogens with zero attached hydrogens (tertiary/aromatic N) is 2. The molecule has 0 spiro atoms. The van der Waals surface area contributed by atoms with Crippen molar-refractivity contribution < 1.29 is 14.7 Å². The molecule has 1 aliphatic heterocycles. The number of hydrogen-bond donors (Lipinski definition) is 1. The zero-order chi connectivity index (χ0) is 25.2. The number of amides is 1. The molecular formula is C30H34N2O3S. The minimum absolute atomic E-state index is 0.00275. The number of carbonyl (C=O) groups excluding carboxylic acids is 1. The summed E-state index contributed by atoms with van der Waals surface area (Å²) in [5.74, 6) is -0.585. The molecule has 1 aromatic heterocycles. The van der Waals surface area contributed by atoms with Crippen molar-refractivity contribution in [3.63, 3.8) is 0 Å². The molecule has 2 aromatic carbocycles. The van der Waals surface area contributed by atoms with Gasteiger partial charge in [0.05, 0.1) is 18.3 Å². The molecule has 6 heteroatoms. The van der Waals surface area contributed by atoms with Gasteiger partial charge in [-0.15, -0.1) is 11.3 Å². The number of hydrogen-bond acceptors (Lipinski definition) is 4. The minimum Gasteiger partial charge on any atom is -0.477 e. The van der Waals surface area contributed by atoms with E-state index in [0.717, 1.165) is 36.4 Å². The molecular weight excluding hydrogens is 468 g/mol. The summed E-state index contributed by atoms with van der Waals surface area (Å²) in [5.41, 5.74) is 5.33. The maximum Gasteiger partial charge on any atom is 0.348 e. The first kappa shape index (κ1) is 24.7. The lowest BCUT2D eigenvalue weighted by Gasteiger charge is -2.45. The van der Waals surface area contributed by atoms with Gasteiger partial charge in [0, 0.05) is 18.0 Å². The first-order chi connectivity index (χ1) is 17.4. The Bertz CT molecular complexity index is 1230. The van der Waals surface area contributed by atoms with Gasteiger partial charge < -0.3 is 10.0 Å². The van der Waals surface area contributed by atoms with Crippen LogP contribution in [0, 0.1) is 19.8 Å². The Kier molecular flexibility index (Phi) is 7.26. The molecule has 1 N–H and O–H groups in total. The lowest BCUT2D eigenvalue weighted by atomic mass is 9.82. The number of thiophene rings is 1. The van der Waals surface area contributed by atoms with Gasteiger partial charge in [0.25, 0.3) is 0 Å². The Hall–Kier alpha value is -2.96. The molecule has 1 saturated heterocycles. The third kappa shape index (κ3) is 4.97. The summed E-state index contributed by atoms with van der Waals surface area (Å²) in [6, 6.07) is 18.1. The Labute approximate surface area is 217 Å². The van der Waals surface area contributed by atoms with Gasteiger partial charge in [0.2, 0.25) is 5.91 Å². The van der Waals surface area contributed by atoms with Gasteiger partial charge in [0.1, 0.15) is 4.88 Å². The van der Waals surface area contributed by atoms with Crippen molar-refractivity contribution in [3.8, 4) is 10.4 Å². The predicted molar refractivity (Wildman–Crippen MR) is 146 cm³/mol. The van der Waals surface area contributed by atoms with Gasteiger partial charge in [-0.25, -0.2) is 4.79 Å². The van der Waals surface area contributed by atoms with Gasteiger partial charge in [-0.2, -0.15) is 0 Å². The summed E-state index contributed by atoms with van der Waals surface area (Å²) >= 11 is 1.27. The van der Waals surface area contributed by atoms with Crippen LogP contribution in [-0.2, 0) is 11.3 Å². The molecule has 1 saturated carbocycles. The number of carbonyl (C=O) groups is 2. The molecule has 3 aromatic rings. The minimum atomic E-state index is -0.967. The highest BCUT2D eigenvalue weighted by atomic mass is 32.1. The van der Waals surface area contributed by atoms with E-state index in [1.165, 1.54) is 47.3 Å². The van der Waals surface area contributed by atoms with Crippen LogP contribution in [-0.4, -0.2) is 41.0 Å². The maximum atomic E-state index is 13.8. The third-order valence-corrected chi connectivity index (χ3v) is 9.01. The molecule has 1 atom stereocenters. The van der Waals surface area contributed by atoms with Crippen molar-refractivity contribution >= 4 is 28.9 Å². The molecule has 0 bridgehead atoms. The van der Waals surface area contributed by atoms with E-state index in [9.17, 15) is 14.7 Å². The number of carboxylic acids is 1. The molecule has 1 amide bonds. The van der Waals surface area contributed by atoms with E-state index in [1.807, 2.05) is 41.3 Å². The number of aryl methyl sites for hydroxylation is 2. The summed E-state index contributed by atoms with van der Waals surface area (Å²) in [5, 5.41) is 10.1. The quantitative estimate of drug-likeness (QED) is 0.416. The molecule has 2 fully saturated rings. The van der Waals surface area contributed by atoms with Crippen LogP contribution in [0.3, 0.4) is 0 Å². The van der Waals surface area contributed by atoms with Gasteiger partial charge in [-0.05, 0) is 60.9 Å². The van der Waals surface area contributed by atoms with Crippen molar-refractivity contribution in [2.24, 2.45) is 5.92 Å². The SMILES string of the molecule is Cc1cccc(C)c1CN1CC(=O)N(c2cc(-c3ccccc3)sc2C(=O)O)C(C2CCCCC2)C1. The van der Waals surface area contributed by atoms with Crippen LogP contribution in [0.1, 0.15) is 58.5 Å². The van der Waals surface area contributed by atoms with E-state index in [4.69, 9.17) is 0 Å². The Balaban J connectivity index is 1.51. The highest BCUT2D eigenvalue weighted by molar-refractivity contribution is 7.18. The zero-order valence-electron chi connectivity index (χ0n) is 21.1. The van der Waals surface area contributed by atoms with Crippen molar-refractivity contribution in [2.75, 3.05) is 18.0 Å². The second-order valence-corrected chi connectivity index (χ2v) is 11.3. The number of benzene rings is 2. The van der Waals surface area contributed by atoms with E-state index < -0.39 is 5.97 Å². The smallest absolute Gasteiger partial charge is 0.348 e. The number of carboxylic acid groups (broad SMARTS) is 1. The standard InChI is InChI=1S/C30H34N2O3S/c1-20-10-9-11-21(2)24(20)17-31-18-26(22-12-5-3-6-13-22)32(28(33)19-31)25-16-27(36-29(25)30(34)35)23-14-7-4-8-15-23/h4,7-11,14-16,22,26H,3,5-6,12-13,17-19H2,1-2H3,(H,34,35). The van der Waals surface area contributed by atoms with Crippen molar-refractivity contribution in [1.82, 2.24) is 4.90 Å². The fourth-order valence-electron chi connectivity index (χ4n) is 5.96. The average molecular weight is 503 g/mol. The number of rotatable bonds is 6. The van der Waals surface area contributed by atoms with Crippen LogP contribution >= 0.6 is 11.3 Å². The maximum absolute atomic E-state index is 13.8. The average Bonchev–Trinajstić information content (AvgIpc) is 3.32. The highest BCUT2D eigenvalue weighted by Crippen LogP contribution is 2.41. The molecule has 5 nitrogen and oxygen atoms in total. The molecule has 2 heterocycles. The van der Waals surface area contributed by atoms with Crippen LogP contribution < -0.4 is 4.90 Å². The highest BCUT2D eigenvalue weighted by Gasteiger charge is 2.40. The first-order valence-corrected chi connectivity index (χ1v) is 13.8. The second-order valence-electron chi connectivity index (χ2n) is 10.3. The fourth-order valence-corrected chi connectivity index (χ4v) is 6.95. The molecule has 0 radical (unpaired) electrons. The first-order valence-electron chi connectivity index (χ1n) is 12.9. The molecule has 188 valence electrons. The number of piperazine rings is 1. The second kappa shape index (κ2) is 10.6. The Morgan fingerprint density at radius 1 is 1.00 bits per heavy atom. The van der Waals surface area contributed by atoms with Gasteiger partial charge in [-0.3, -0.25) is 9.69 Å². The normalized spacial score (nSPS) is 19.6. The molecule has 1 unspecified atom stereocenters. The lowest BCUT2D eigenvalue weighted by Crippen LogP contribution is -2.59. The third-order valence-electron chi connectivity index (χ3n) is 7.85. The Morgan fingerprint density at radius 2 is 1.69 bits per heavy atom. The van der Waals surface area contributed by atoms with E-state index in [1.54, 1.807) is 0 Å². The van der Waals surface area contributed by atoms with Crippen molar-refractivity contribution in [1.29, 1.82) is 0 Å². The summed E-state index contributed by atoms with van der Waals surface area (Å²) in [6.45, 7) is 6.07. The van der Waals surface area contributed by atoms with Crippen LogP contribution in [0.15, 0.2) is 54.6 Å². The summed E-state index contributed by atoms with van der Waals surface area (Å²) in [4.78, 5) is 31.5.